The van der Waals surface area contributed by atoms with Crippen LogP contribution in [0.25, 0.3) is 0 Å². The molecule has 0 spiro atoms. The lowest BCUT2D eigenvalue weighted by molar-refractivity contribution is -0.384. The van der Waals surface area contributed by atoms with Gasteiger partial charge in [-0.05, 0) is 19.9 Å². The number of anilines is 3. The predicted octanol–water partition coefficient (Wildman–Crippen LogP) is 2.59. The monoisotopic (exact) mass is 500 g/mol. The van der Waals surface area contributed by atoms with E-state index in [1.165, 1.54) is 23.1 Å². The largest absolute Gasteiger partial charge is 0.492 e. The standard InChI is InChI=1S/C24H28N4O8/c1-3-34-20-13-19(26-7-9-33-10-8-26)21(35-4-2)12-17(20)25-23(29)14-27-15-24(30)36-22-11-16(28(31)32)5-6-18(22)27/h5-6,11-13H,3-4,7-10,14-15H2,1-2H3,(H,25,29). The maximum Gasteiger partial charge on any atom is 0.331 e. The van der Waals surface area contributed by atoms with E-state index in [-0.39, 0.29) is 24.5 Å². The van der Waals surface area contributed by atoms with Crippen molar-refractivity contribution in [2.75, 3.05) is 67.7 Å². The number of fused-ring (bicyclic) bond motifs is 1. The smallest absolute Gasteiger partial charge is 0.331 e. The van der Waals surface area contributed by atoms with Gasteiger partial charge in [-0.1, -0.05) is 0 Å². The number of rotatable bonds is 9. The van der Waals surface area contributed by atoms with Crippen molar-refractivity contribution in [1.29, 1.82) is 0 Å². The fourth-order valence-corrected chi connectivity index (χ4v) is 4.10. The summed E-state index contributed by atoms with van der Waals surface area (Å²) in [6, 6.07) is 7.52. The van der Waals surface area contributed by atoms with Gasteiger partial charge in [0.25, 0.3) is 5.69 Å². The number of hydrogen-bond donors (Lipinski definition) is 1. The fourth-order valence-electron chi connectivity index (χ4n) is 4.10. The third-order valence-electron chi connectivity index (χ3n) is 5.66. The Labute approximate surface area is 207 Å². The second kappa shape index (κ2) is 11.1. The first-order chi connectivity index (χ1) is 17.4. The van der Waals surface area contributed by atoms with Gasteiger partial charge in [0, 0.05) is 31.3 Å². The molecule has 1 fully saturated rings. The molecule has 0 atom stereocenters. The minimum Gasteiger partial charge on any atom is -0.492 e. The van der Waals surface area contributed by atoms with Crippen molar-refractivity contribution in [3.05, 3.63) is 40.4 Å². The summed E-state index contributed by atoms with van der Waals surface area (Å²) < 4.78 is 22.3. The van der Waals surface area contributed by atoms with Gasteiger partial charge in [-0.2, -0.15) is 0 Å². The van der Waals surface area contributed by atoms with Crippen LogP contribution in [0.5, 0.6) is 17.2 Å². The Morgan fingerprint density at radius 2 is 1.81 bits per heavy atom. The Bertz CT molecular complexity index is 1150. The van der Waals surface area contributed by atoms with Crippen molar-refractivity contribution in [3.8, 4) is 17.2 Å². The van der Waals surface area contributed by atoms with Gasteiger partial charge in [-0.25, -0.2) is 4.79 Å². The van der Waals surface area contributed by atoms with Crippen LogP contribution in [0.2, 0.25) is 0 Å². The molecule has 192 valence electrons. The van der Waals surface area contributed by atoms with Gasteiger partial charge >= 0.3 is 5.97 Å². The lowest BCUT2D eigenvalue weighted by Gasteiger charge is -2.31. The van der Waals surface area contributed by atoms with Gasteiger partial charge in [-0.15, -0.1) is 0 Å². The lowest BCUT2D eigenvalue weighted by Crippen LogP contribution is -2.41. The van der Waals surface area contributed by atoms with Gasteiger partial charge in [0.2, 0.25) is 5.91 Å². The quantitative estimate of drug-likeness (QED) is 0.237. The summed E-state index contributed by atoms with van der Waals surface area (Å²) in [5, 5.41) is 13.9. The highest BCUT2D eigenvalue weighted by atomic mass is 16.6. The van der Waals surface area contributed by atoms with Crippen molar-refractivity contribution in [2.45, 2.75) is 13.8 Å². The van der Waals surface area contributed by atoms with E-state index in [4.69, 9.17) is 18.9 Å². The average Bonchev–Trinajstić information content (AvgIpc) is 2.85. The molecule has 12 heteroatoms. The van der Waals surface area contributed by atoms with Gasteiger partial charge < -0.3 is 34.1 Å². The molecule has 0 saturated carbocycles. The summed E-state index contributed by atoms with van der Waals surface area (Å²) in [4.78, 5) is 39.3. The Morgan fingerprint density at radius 3 is 2.50 bits per heavy atom. The molecule has 2 aliphatic rings. The van der Waals surface area contributed by atoms with Crippen molar-refractivity contribution < 1.29 is 33.5 Å². The molecule has 1 saturated heterocycles. The van der Waals surface area contributed by atoms with Gasteiger partial charge in [-0.3, -0.25) is 14.9 Å². The number of hydrogen-bond acceptors (Lipinski definition) is 10. The van der Waals surface area contributed by atoms with E-state index >= 15 is 0 Å². The zero-order valence-corrected chi connectivity index (χ0v) is 20.2. The number of nitro groups is 1. The highest BCUT2D eigenvalue weighted by molar-refractivity contribution is 5.98. The second-order valence-corrected chi connectivity index (χ2v) is 8.07. The SMILES string of the molecule is CCOc1cc(N2CCOCC2)c(OCC)cc1NC(=O)CN1CC(=O)Oc2cc([N+](=O)[O-])ccc21. The molecule has 1 N–H and O–H groups in total. The second-order valence-electron chi connectivity index (χ2n) is 8.07. The van der Waals surface area contributed by atoms with Crippen LogP contribution in [0.1, 0.15) is 13.8 Å². The molecule has 0 bridgehead atoms. The number of carbonyl (C=O) groups is 2. The topological polar surface area (TPSA) is 133 Å². The van der Waals surface area contributed by atoms with Gasteiger partial charge in [0.1, 0.15) is 18.0 Å². The lowest BCUT2D eigenvalue weighted by atomic mass is 10.2. The van der Waals surface area contributed by atoms with Crippen LogP contribution in [0.3, 0.4) is 0 Å². The minimum atomic E-state index is -0.612. The molecule has 1 amide bonds. The van der Waals surface area contributed by atoms with Gasteiger partial charge in [0.15, 0.2) is 5.75 Å². The van der Waals surface area contributed by atoms with Crippen LogP contribution in [0, 0.1) is 10.1 Å². The molecule has 12 nitrogen and oxygen atoms in total. The first-order valence-corrected chi connectivity index (χ1v) is 11.7. The third kappa shape index (κ3) is 5.60. The van der Waals surface area contributed by atoms with Crippen molar-refractivity contribution in [3.63, 3.8) is 0 Å². The Hall–Kier alpha value is -4.06. The molecule has 36 heavy (non-hydrogen) atoms. The van der Waals surface area contributed by atoms with E-state index in [0.717, 1.165) is 5.69 Å². The summed E-state index contributed by atoms with van der Waals surface area (Å²) in [5.74, 6) is 0.120. The van der Waals surface area contributed by atoms with E-state index in [1.54, 1.807) is 6.07 Å². The number of nitro benzene ring substituents is 1. The molecule has 0 radical (unpaired) electrons. The molecule has 0 aromatic heterocycles. The van der Waals surface area contributed by atoms with Gasteiger partial charge in [0.05, 0.1) is 61.0 Å². The van der Waals surface area contributed by atoms with Crippen LogP contribution in [-0.4, -0.2) is 69.4 Å². The summed E-state index contributed by atoms with van der Waals surface area (Å²) >= 11 is 0. The molecular formula is C24H28N4O8. The molecule has 0 aliphatic carbocycles. The summed E-state index contributed by atoms with van der Waals surface area (Å²) in [7, 11) is 0. The molecule has 2 aromatic rings. The number of ether oxygens (including phenoxy) is 4. The molecule has 2 heterocycles. The van der Waals surface area contributed by atoms with E-state index < -0.39 is 16.8 Å². The average molecular weight is 501 g/mol. The number of carbonyl (C=O) groups excluding carboxylic acids is 2. The van der Waals surface area contributed by atoms with E-state index in [1.807, 2.05) is 19.9 Å². The van der Waals surface area contributed by atoms with Crippen LogP contribution < -0.4 is 29.3 Å². The van der Waals surface area contributed by atoms with Crippen LogP contribution in [0.4, 0.5) is 22.7 Å². The Morgan fingerprint density at radius 1 is 1.08 bits per heavy atom. The number of nitrogens with zero attached hydrogens (tertiary/aromatic N) is 3. The summed E-state index contributed by atoms with van der Waals surface area (Å²) in [6.07, 6.45) is 0. The number of esters is 1. The number of benzene rings is 2. The Kier molecular flexibility index (Phi) is 7.74. The number of nitrogens with one attached hydrogen (secondary N) is 1. The Balaban J connectivity index is 1.57. The fraction of sp³-hybridized carbons (Fsp3) is 0.417. The summed E-state index contributed by atoms with van der Waals surface area (Å²) in [6.45, 7) is 6.85. The van der Waals surface area contributed by atoms with Crippen molar-refractivity contribution in [1.82, 2.24) is 0 Å². The first-order valence-electron chi connectivity index (χ1n) is 11.7. The summed E-state index contributed by atoms with van der Waals surface area (Å²) in [5.41, 5.74) is 1.50. The van der Waals surface area contributed by atoms with E-state index in [9.17, 15) is 19.7 Å². The zero-order chi connectivity index (χ0) is 25.7. The number of amides is 1. The zero-order valence-electron chi connectivity index (χ0n) is 20.2. The van der Waals surface area contributed by atoms with E-state index in [0.29, 0.717) is 62.4 Å². The maximum absolute atomic E-state index is 13.0. The first kappa shape index (κ1) is 25.0. The third-order valence-corrected chi connectivity index (χ3v) is 5.66. The molecule has 4 rings (SSSR count). The highest BCUT2D eigenvalue weighted by Crippen LogP contribution is 2.40. The predicted molar refractivity (Wildman–Crippen MR) is 131 cm³/mol. The van der Waals surface area contributed by atoms with Crippen molar-refractivity contribution in [2.24, 2.45) is 0 Å². The normalized spacial score (nSPS) is 15.1. The minimum absolute atomic E-state index is 0.0387. The molecular weight excluding hydrogens is 472 g/mol. The van der Waals surface area contributed by atoms with Crippen LogP contribution in [0.15, 0.2) is 30.3 Å². The van der Waals surface area contributed by atoms with Crippen molar-refractivity contribution >= 4 is 34.6 Å². The highest BCUT2D eigenvalue weighted by Gasteiger charge is 2.28. The van der Waals surface area contributed by atoms with E-state index in [2.05, 4.69) is 10.2 Å². The number of non-ortho nitro benzene ring substituents is 1. The maximum atomic E-state index is 13.0. The van der Waals surface area contributed by atoms with Crippen LogP contribution in [-0.2, 0) is 14.3 Å². The number of morpholine rings is 1. The van der Waals surface area contributed by atoms with Crippen LogP contribution >= 0.6 is 0 Å². The molecule has 0 unspecified atom stereocenters. The molecule has 2 aromatic carbocycles. The molecule has 2 aliphatic heterocycles.